The Labute approximate surface area is 187 Å². The molecule has 164 valence electrons. The summed E-state index contributed by atoms with van der Waals surface area (Å²) in [7, 11) is 0. The lowest BCUT2D eigenvalue weighted by atomic mass is 9.86. The van der Waals surface area contributed by atoms with E-state index in [4.69, 9.17) is 9.47 Å². The van der Waals surface area contributed by atoms with Gasteiger partial charge in [-0.2, -0.15) is 0 Å². The van der Waals surface area contributed by atoms with Crippen LogP contribution < -0.4 is 10.1 Å². The van der Waals surface area contributed by atoms with Gasteiger partial charge in [-0.25, -0.2) is 4.79 Å². The third-order valence-electron chi connectivity index (χ3n) is 7.18. The number of hydrogen-bond acceptors (Lipinski definition) is 5. The third-order valence-corrected chi connectivity index (χ3v) is 7.18. The van der Waals surface area contributed by atoms with Crippen LogP contribution in [0.25, 0.3) is 21.9 Å². The average molecular weight is 430 g/mol. The van der Waals surface area contributed by atoms with E-state index in [0.29, 0.717) is 12.5 Å². The zero-order valence-corrected chi connectivity index (χ0v) is 18.0. The Kier molecular flexibility index (Phi) is 4.95. The first kappa shape index (κ1) is 19.6. The van der Waals surface area contributed by atoms with Gasteiger partial charge in [-0.1, -0.05) is 36.4 Å². The second-order valence-electron chi connectivity index (χ2n) is 9.08. The Bertz CT molecular complexity index is 1150. The third kappa shape index (κ3) is 3.58. The molecule has 1 N–H and O–H groups in total. The van der Waals surface area contributed by atoms with Crippen molar-refractivity contribution in [2.45, 2.75) is 31.4 Å². The summed E-state index contributed by atoms with van der Waals surface area (Å²) in [6.07, 6.45) is 6.47. The predicted octanol–water partition coefficient (Wildman–Crippen LogP) is 4.55. The molecule has 0 saturated carbocycles. The molecule has 4 aliphatic rings. The number of ether oxygens (including phenoxy) is 2. The van der Waals surface area contributed by atoms with Crippen LogP contribution in [0.5, 0.6) is 5.75 Å². The molecule has 4 aliphatic heterocycles. The predicted molar refractivity (Wildman–Crippen MR) is 123 cm³/mol. The summed E-state index contributed by atoms with van der Waals surface area (Å²) in [5.74, 6) is 1.32. The molecular weight excluding hydrogens is 402 g/mol. The zero-order valence-electron chi connectivity index (χ0n) is 18.0. The maximum Gasteiger partial charge on any atom is 0.407 e. The molecule has 32 heavy (non-hydrogen) atoms. The molecule has 1 unspecified atom stereocenters. The highest BCUT2D eigenvalue weighted by atomic mass is 16.6. The van der Waals surface area contributed by atoms with Gasteiger partial charge in [0.1, 0.15) is 11.9 Å². The number of hydrogen-bond donors (Lipinski definition) is 1. The molecule has 6 heteroatoms. The zero-order chi connectivity index (χ0) is 21.5. The van der Waals surface area contributed by atoms with Crippen LogP contribution in [-0.4, -0.2) is 48.3 Å². The minimum atomic E-state index is -0.316. The van der Waals surface area contributed by atoms with Crippen LogP contribution in [-0.2, 0) is 4.74 Å². The molecule has 2 atom stereocenters. The van der Waals surface area contributed by atoms with E-state index in [9.17, 15) is 4.79 Å². The van der Waals surface area contributed by atoms with Crippen molar-refractivity contribution in [3.63, 3.8) is 0 Å². The summed E-state index contributed by atoms with van der Waals surface area (Å²) >= 11 is 0. The molecule has 3 fully saturated rings. The van der Waals surface area contributed by atoms with Crippen molar-refractivity contribution in [1.82, 2.24) is 15.2 Å². The van der Waals surface area contributed by atoms with E-state index < -0.39 is 0 Å². The molecule has 2 aromatic carbocycles. The molecule has 3 aromatic rings. The monoisotopic (exact) mass is 429 g/mol. The normalized spacial score (nSPS) is 26.2. The van der Waals surface area contributed by atoms with Gasteiger partial charge in [0, 0.05) is 41.9 Å². The number of pyridine rings is 1. The summed E-state index contributed by atoms with van der Waals surface area (Å²) < 4.78 is 11.8. The number of carbonyl (C=O) groups is 1. The summed E-state index contributed by atoms with van der Waals surface area (Å²) in [6, 6.07) is 14.4. The molecular formula is C26H27N3O3. The van der Waals surface area contributed by atoms with Gasteiger partial charge in [-0.05, 0) is 48.9 Å². The van der Waals surface area contributed by atoms with E-state index in [1.54, 1.807) is 0 Å². The smallest absolute Gasteiger partial charge is 0.407 e. The standard InChI is InChI=1S/C26H27N3O3/c30-26(32-25-16-29-10-7-17(25)8-11-29)28-23-9-12-31-24-13-18(5-6-21(23)24)22-15-27-14-19-3-1-2-4-20(19)22/h1-6,13-15,17,23,25H,7-12,16H2,(H,28,30)/t23?,25-/m1/s1. The molecule has 3 saturated heterocycles. The van der Waals surface area contributed by atoms with Gasteiger partial charge < -0.3 is 14.8 Å². The number of fused-ring (bicyclic) bond motifs is 5. The van der Waals surface area contributed by atoms with Crippen LogP contribution in [0.15, 0.2) is 54.9 Å². The van der Waals surface area contributed by atoms with Gasteiger partial charge in [0.2, 0.25) is 0 Å². The second-order valence-corrected chi connectivity index (χ2v) is 9.08. The Morgan fingerprint density at radius 2 is 1.97 bits per heavy atom. The highest BCUT2D eigenvalue weighted by molar-refractivity contribution is 5.95. The van der Waals surface area contributed by atoms with Crippen molar-refractivity contribution in [3.8, 4) is 16.9 Å². The fraction of sp³-hybridized carbons (Fsp3) is 0.385. The first-order valence-electron chi connectivity index (χ1n) is 11.5. The van der Waals surface area contributed by atoms with Crippen LogP contribution in [0.4, 0.5) is 4.79 Å². The molecule has 7 rings (SSSR count). The Hall–Kier alpha value is -3.12. The summed E-state index contributed by atoms with van der Waals surface area (Å²) in [4.78, 5) is 19.5. The topological polar surface area (TPSA) is 63.7 Å². The van der Waals surface area contributed by atoms with Crippen LogP contribution in [0.1, 0.15) is 30.9 Å². The number of nitrogens with one attached hydrogen (secondary N) is 1. The van der Waals surface area contributed by atoms with Crippen molar-refractivity contribution in [3.05, 3.63) is 60.4 Å². The lowest BCUT2D eigenvalue weighted by Crippen LogP contribution is -2.52. The first-order valence-corrected chi connectivity index (χ1v) is 11.5. The van der Waals surface area contributed by atoms with Crippen LogP contribution >= 0.6 is 0 Å². The number of benzene rings is 2. The maximum absolute atomic E-state index is 12.7. The highest BCUT2D eigenvalue weighted by Crippen LogP contribution is 2.37. The number of piperidine rings is 3. The second kappa shape index (κ2) is 8.10. The highest BCUT2D eigenvalue weighted by Gasteiger charge is 2.37. The van der Waals surface area contributed by atoms with E-state index in [0.717, 1.165) is 72.1 Å². The summed E-state index contributed by atoms with van der Waals surface area (Å²) in [5, 5.41) is 5.37. The number of carbonyl (C=O) groups excluding carboxylic acids is 1. The van der Waals surface area contributed by atoms with Crippen LogP contribution in [0.3, 0.4) is 0 Å². The lowest BCUT2D eigenvalue weighted by molar-refractivity contribution is -0.0342. The molecule has 1 amide bonds. The van der Waals surface area contributed by atoms with Crippen LogP contribution in [0.2, 0.25) is 0 Å². The number of alkyl carbamates (subject to hydrolysis) is 1. The summed E-state index contributed by atoms with van der Waals surface area (Å²) in [6.45, 7) is 3.70. The fourth-order valence-electron chi connectivity index (χ4n) is 5.41. The van der Waals surface area contributed by atoms with Gasteiger partial charge in [0.05, 0.1) is 12.6 Å². The minimum Gasteiger partial charge on any atom is -0.493 e. The van der Waals surface area contributed by atoms with Gasteiger partial charge in [0.25, 0.3) is 0 Å². The lowest BCUT2D eigenvalue weighted by Gasteiger charge is -2.44. The molecule has 0 radical (unpaired) electrons. The Morgan fingerprint density at radius 3 is 2.81 bits per heavy atom. The van der Waals surface area contributed by atoms with Crippen molar-refractivity contribution in [2.75, 3.05) is 26.2 Å². The number of aromatic nitrogens is 1. The maximum atomic E-state index is 12.7. The minimum absolute atomic E-state index is 0.0121. The summed E-state index contributed by atoms with van der Waals surface area (Å²) in [5.41, 5.74) is 3.13. The van der Waals surface area contributed by atoms with Crippen molar-refractivity contribution in [2.24, 2.45) is 5.92 Å². The van der Waals surface area contributed by atoms with Crippen molar-refractivity contribution in [1.29, 1.82) is 0 Å². The van der Waals surface area contributed by atoms with E-state index >= 15 is 0 Å². The molecule has 0 aliphatic carbocycles. The number of nitrogens with zero attached hydrogens (tertiary/aromatic N) is 2. The van der Waals surface area contributed by atoms with Gasteiger partial charge >= 0.3 is 6.09 Å². The Morgan fingerprint density at radius 1 is 1.09 bits per heavy atom. The van der Waals surface area contributed by atoms with Crippen molar-refractivity contribution >= 4 is 16.9 Å². The first-order chi connectivity index (χ1) is 15.7. The quantitative estimate of drug-likeness (QED) is 0.662. The molecule has 2 bridgehead atoms. The molecule has 6 nitrogen and oxygen atoms in total. The van der Waals surface area contributed by atoms with E-state index in [1.165, 1.54) is 0 Å². The Balaban J connectivity index is 1.21. The van der Waals surface area contributed by atoms with Crippen LogP contribution in [0, 0.1) is 5.92 Å². The van der Waals surface area contributed by atoms with Crippen molar-refractivity contribution < 1.29 is 14.3 Å². The fourth-order valence-corrected chi connectivity index (χ4v) is 5.41. The molecule has 0 spiro atoms. The SMILES string of the molecule is O=C(NC1CCOc2cc(-c3cncc4ccccc34)ccc21)O[C@@H]1CN2CCC1CC2. The number of amides is 1. The van der Waals surface area contributed by atoms with E-state index in [2.05, 4.69) is 45.5 Å². The van der Waals surface area contributed by atoms with Gasteiger partial charge in [-0.15, -0.1) is 0 Å². The van der Waals surface area contributed by atoms with Gasteiger partial charge in [0.15, 0.2) is 0 Å². The largest absolute Gasteiger partial charge is 0.493 e. The molecule has 5 heterocycles. The molecule has 1 aromatic heterocycles. The average Bonchev–Trinajstić information content (AvgIpc) is 2.84. The van der Waals surface area contributed by atoms with E-state index in [-0.39, 0.29) is 18.2 Å². The number of rotatable bonds is 3. The van der Waals surface area contributed by atoms with E-state index in [1.807, 2.05) is 24.5 Å². The van der Waals surface area contributed by atoms with Gasteiger partial charge in [-0.3, -0.25) is 9.88 Å².